The van der Waals surface area contributed by atoms with Gasteiger partial charge in [0, 0.05) is 16.0 Å². The van der Waals surface area contributed by atoms with Gasteiger partial charge in [0.25, 0.3) is 0 Å². The van der Waals surface area contributed by atoms with E-state index in [-0.39, 0.29) is 5.75 Å². The van der Waals surface area contributed by atoms with Crippen molar-refractivity contribution in [3.8, 4) is 0 Å². The summed E-state index contributed by atoms with van der Waals surface area (Å²) in [5, 5.41) is 0.320. The predicted molar refractivity (Wildman–Crippen MR) is 79.4 cm³/mol. The van der Waals surface area contributed by atoms with E-state index in [4.69, 9.17) is 11.6 Å². The quantitative estimate of drug-likeness (QED) is 0.564. The van der Waals surface area contributed by atoms with Gasteiger partial charge < -0.3 is 0 Å². The van der Waals surface area contributed by atoms with Crippen molar-refractivity contribution in [1.29, 1.82) is 0 Å². The minimum atomic E-state index is -3.16. The standard InChI is InChI=1S/C13H19ClO2S2/c1-3-10-18(15,16)13-7-5-4-6-12(13)17-11(2)8-9-14/h4-7,11H,3,8-10H2,1-2H3. The molecule has 1 aromatic rings. The second-order valence-electron chi connectivity index (χ2n) is 4.17. The van der Waals surface area contributed by atoms with Crippen molar-refractivity contribution in [2.45, 2.75) is 41.7 Å². The van der Waals surface area contributed by atoms with Crippen LogP contribution in [0.15, 0.2) is 34.1 Å². The molecule has 0 aromatic heterocycles. The summed E-state index contributed by atoms with van der Waals surface area (Å²) in [4.78, 5) is 1.29. The molecule has 1 unspecified atom stereocenters. The first-order valence-corrected chi connectivity index (χ1v) is 9.12. The average molecular weight is 307 g/mol. The highest BCUT2D eigenvalue weighted by Gasteiger charge is 2.18. The van der Waals surface area contributed by atoms with E-state index in [1.165, 1.54) is 0 Å². The monoisotopic (exact) mass is 306 g/mol. The molecule has 102 valence electrons. The second-order valence-corrected chi connectivity index (χ2v) is 8.11. The molecule has 0 N–H and O–H groups in total. The van der Waals surface area contributed by atoms with Crippen molar-refractivity contribution < 1.29 is 8.42 Å². The lowest BCUT2D eigenvalue weighted by molar-refractivity contribution is 0.592. The van der Waals surface area contributed by atoms with Crippen LogP contribution in [0.4, 0.5) is 0 Å². The van der Waals surface area contributed by atoms with Crippen LogP contribution in [0.25, 0.3) is 0 Å². The molecular weight excluding hydrogens is 288 g/mol. The molecule has 0 heterocycles. The van der Waals surface area contributed by atoms with Crippen LogP contribution in [0.5, 0.6) is 0 Å². The number of halogens is 1. The van der Waals surface area contributed by atoms with E-state index in [1.807, 2.05) is 19.1 Å². The summed E-state index contributed by atoms with van der Waals surface area (Å²) in [6, 6.07) is 7.22. The summed E-state index contributed by atoms with van der Waals surface area (Å²) in [5.41, 5.74) is 0. The lowest BCUT2D eigenvalue weighted by Gasteiger charge is -2.13. The van der Waals surface area contributed by atoms with Crippen LogP contribution in [0.3, 0.4) is 0 Å². The Kier molecular flexibility index (Phi) is 6.53. The molecule has 0 radical (unpaired) electrons. The lowest BCUT2D eigenvalue weighted by Crippen LogP contribution is -2.08. The van der Waals surface area contributed by atoms with Crippen molar-refractivity contribution in [3.05, 3.63) is 24.3 Å². The molecule has 0 fully saturated rings. The lowest BCUT2D eigenvalue weighted by atomic mass is 10.4. The van der Waals surface area contributed by atoms with E-state index >= 15 is 0 Å². The fourth-order valence-corrected chi connectivity index (χ4v) is 5.02. The molecule has 0 saturated carbocycles. The SMILES string of the molecule is CCCS(=O)(=O)c1ccccc1SC(C)CCCl. The van der Waals surface area contributed by atoms with Gasteiger partial charge in [-0.1, -0.05) is 26.0 Å². The zero-order valence-corrected chi connectivity index (χ0v) is 13.1. The number of benzene rings is 1. The maximum Gasteiger partial charge on any atom is 0.179 e. The molecule has 18 heavy (non-hydrogen) atoms. The van der Waals surface area contributed by atoms with Gasteiger partial charge in [-0.25, -0.2) is 8.42 Å². The predicted octanol–water partition coefficient (Wildman–Crippen LogP) is 3.98. The van der Waals surface area contributed by atoms with Gasteiger partial charge in [0.15, 0.2) is 9.84 Å². The molecule has 0 aliphatic rings. The molecule has 0 aliphatic carbocycles. The Hall–Kier alpha value is -0.190. The number of alkyl halides is 1. The van der Waals surface area contributed by atoms with Gasteiger partial charge in [-0.3, -0.25) is 0 Å². The smallest absolute Gasteiger partial charge is 0.179 e. The summed E-state index contributed by atoms with van der Waals surface area (Å²) in [5.74, 6) is 0.798. The molecule has 5 heteroatoms. The Bertz CT molecular complexity index is 472. The Morgan fingerprint density at radius 3 is 2.61 bits per heavy atom. The van der Waals surface area contributed by atoms with E-state index in [0.29, 0.717) is 22.4 Å². The highest BCUT2D eigenvalue weighted by molar-refractivity contribution is 8.00. The van der Waals surface area contributed by atoms with E-state index in [0.717, 1.165) is 11.3 Å². The fraction of sp³-hybridized carbons (Fsp3) is 0.538. The summed E-state index contributed by atoms with van der Waals surface area (Å²) in [6.45, 7) is 3.94. The van der Waals surface area contributed by atoms with Crippen LogP contribution < -0.4 is 0 Å². The number of hydrogen-bond acceptors (Lipinski definition) is 3. The van der Waals surface area contributed by atoms with Crippen molar-refractivity contribution in [2.24, 2.45) is 0 Å². The summed E-state index contributed by atoms with van der Waals surface area (Å²) >= 11 is 7.29. The first kappa shape index (κ1) is 15.9. The number of hydrogen-bond donors (Lipinski definition) is 0. The third kappa shape index (κ3) is 4.48. The normalized spacial score (nSPS) is 13.5. The summed E-state index contributed by atoms with van der Waals surface area (Å²) in [6.07, 6.45) is 1.51. The van der Waals surface area contributed by atoms with Crippen LogP contribution in [0.2, 0.25) is 0 Å². The van der Waals surface area contributed by atoms with Crippen molar-refractivity contribution in [1.82, 2.24) is 0 Å². The fourth-order valence-electron chi connectivity index (χ4n) is 1.61. The number of sulfone groups is 1. The van der Waals surface area contributed by atoms with Gasteiger partial charge in [-0.2, -0.15) is 0 Å². The zero-order chi connectivity index (χ0) is 13.6. The molecule has 0 aliphatic heterocycles. The van der Waals surface area contributed by atoms with Crippen LogP contribution in [0.1, 0.15) is 26.7 Å². The molecule has 0 bridgehead atoms. The van der Waals surface area contributed by atoms with Crippen molar-refractivity contribution in [2.75, 3.05) is 11.6 Å². The minimum Gasteiger partial charge on any atom is -0.224 e. The molecular formula is C13H19ClO2S2. The van der Waals surface area contributed by atoms with Gasteiger partial charge >= 0.3 is 0 Å². The van der Waals surface area contributed by atoms with Crippen molar-refractivity contribution >= 4 is 33.2 Å². The van der Waals surface area contributed by atoms with E-state index in [1.54, 1.807) is 23.9 Å². The second kappa shape index (κ2) is 7.41. The molecule has 0 amide bonds. The molecule has 1 atom stereocenters. The third-order valence-corrected chi connectivity index (χ3v) is 6.07. The van der Waals surface area contributed by atoms with Gasteiger partial charge in [0.1, 0.15) is 0 Å². The summed E-state index contributed by atoms with van der Waals surface area (Å²) in [7, 11) is -3.16. The first-order chi connectivity index (χ1) is 8.51. The third-order valence-electron chi connectivity index (χ3n) is 2.50. The Balaban J connectivity index is 3.00. The van der Waals surface area contributed by atoms with Crippen LogP contribution in [0, 0.1) is 0 Å². The Labute approximate surface area is 119 Å². The molecule has 2 nitrogen and oxygen atoms in total. The van der Waals surface area contributed by atoms with Crippen molar-refractivity contribution in [3.63, 3.8) is 0 Å². The Morgan fingerprint density at radius 1 is 1.33 bits per heavy atom. The molecule has 1 rings (SSSR count). The van der Waals surface area contributed by atoms with Gasteiger partial charge in [0.2, 0.25) is 0 Å². The highest BCUT2D eigenvalue weighted by Crippen LogP contribution is 2.31. The Morgan fingerprint density at radius 2 is 2.00 bits per heavy atom. The molecule has 0 spiro atoms. The zero-order valence-electron chi connectivity index (χ0n) is 10.7. The van der Waals surface area contributed by atoms with E-state index < -0.39 is 9.84 Å². The van der Waals surface area contributed by atoms with Gasteiger partial charge in [-0.05, 0) is 25.0 Å². The number of rotatable bonds is 7. The molecule has 1 aromatic carbocycles. The highest BCUT2D eigenvalue weighted by atomic mass is 35.5. The van der Waals surface area contributed by atoms with Crippen LogP contribution in [-0.2, 0) is 9.84 Å². The summed E-state index contributed by atoms with van der Waals surface area (Å²) < 4.78 is 24.3. The topological polar surface area (TPSA) is 34.1 Å². The number of thioether (sulfide) groups is 1. The van der Waals surface area contributed by atoms with Gasteiger partial charge in [0.05, 0.1) is 10.6 Å². The average Bonchev–Trinajstić information content (AvgIpc) is 2.29. The maximum atomic E-state index is 12.2. The minimum absolute atomic E-state index is 0.203. The van der Waals surface area contributed by atoms with Gasteiger partial charge in [-0.15, -0.1) is 23.4 Å². The first-order valence-electron chi connectivity index (χ1n) is 6.05. The van der Waals surface area contributed by atoms with E-state index in [2.05, 4.69) is 6.92 Å². The molecule has 0 saturated heterocycles. The largest absolute Gasteiger partial charge is 0.224 e. The van der Waals surface area contributed by atoms with Crippen LogP contribution in [-0.4, -0.2) is 25.3 Å². The maximum absolute atomic E-state index is 12.2. The van der Waals surface area contributed by atoms with E-state index in [9.17, 15) is 8.42 Å². The van der Waals surface area contributed by atoms with Crippen LogP contribution >= 0.6 is 23.4 Å².